The third-order valence-corrected chi connectivity index (χ3v) is 4.63. The lowest BCUT2D eigenvalue weighted by Crippen LogP contribution is -2.36. The monoisotopic (exact) mass is 396 g/mol. The van der Waals surface area contributed by atoms with Crippen LogP contribution in [0.15, 0.2) is 30.5 Å². The maximum atomic E-state index is 12.6. The second-order valence-electron chi connectivity index (χ2n) is 6.82. The molecule has 2 heterocycles. The molecule has 0 atom stereocenters. The van der Waals surface area contributed by atoms with E-state index in [1.807, 2.05) is 6.92 Å². The number of aromatic nitrogens is 2. The summed E-state index contributed by atoms with van der Waals surface area (Å²) in [4.78, 5) is 46.3. The highest BCUT2D eigenvalue weighted by atomic mass is 16.5. The van der Waals surface area contributed by atoms with Crippen molar-refractivity contribution in [3.8, 4) is 5.75 Å². The first kappa shape index (κ1) is 20.4. The predicted molar refractivity (Wildman–Crippen MR) is 107 cm³/mol. The van der Waals surface area contributed by atoms with Crippen LogP contribution in [0.5, 0.6) is 5.75 Å². The smallest absolute Gasteiger partial charge is 0.261 e. The molecular weight excluding hydrogens is 372 g/mol. The van der Waals surface area contributed by atoms with Crippen LogP contribution in [0.4, 0.5) is 5.95 Å². The first-order chi connectivity index (χ1) is 14.0. The molecule has 1 aliphatic rings. The number of ketones is 1. The molecule has 0 bridgehead atoms. The Labute approximate surface area is 169 Å². The summed E-state index contributed by atoms with van der Waals surface area (Å²) in [7, 11) is 0. The zero-order valence-electron chi connectivity index (χ0n) is 16.6. The van der Waals surface area contributed by atoms with E-state index in [0.29, 0.717) is 37.4 Å². The van der Waals surface area contributed by atoms with Gasteiger partial charge in [-0.2, -0.15) is 0 Å². The normalized spacial score (nSPS) is 12.8. The fourth-order valence-electron chi connectivity index (χ4n) is 3.13. The number of hydrogen-bond donors (Lipinski definition) is 1. The van der Waals surface area contributed by atoms with Crippen molar-refractivity contribution in [2.45, 2.75) is 39.7 Å². The van der Waals surface area contributed by atoms with Gasteiger partial charge in [-0.05, 0) is 26.0 Å². The first-order valence-electron chi connectivity index (χ1n) is 9.63. The topological polar surface area (TPSA) is 101 Å². The van der Waals surface area contributed by atoms with E-state index in [4.69, 9.17) is 4.74 Å². The molecule has 0 unspecified atom stereocenters. The molecule has 0 saturated heterocycles. The van der Waals surface area contributed by atoms with Crippen LogP contribution in [0.1, 0.15) is 48.3 Å². The third kappa shape index (κ3) is 5.16. The molecule has 1 aromatic heterocycles. The van der Waals surface area contributed by atoms with Crippen LogP contribution in [0.2, 0.25) is 0 Å². The van der Waals surface area contributed by atoms with E-state index in [0.717, 1.165) is 11.3 Å². The van der Waals surface area contributed by atoms with Crippen molar-refractivity contribution >= 4 is 23.5 Å². The van der Waals surface area contributed by atoms with Gasteiger partial charge in [0.05, 0.1) is 17.9 Å². The Morgan fingerprint density at radius 1 is 1.21 bits per heavy atom. The number of Topliss-reactive ketones (excluding diaryl/α,β-unsaturated/α-hetero) is 1. The zero-order chi connectivity index (χ0) is 20.8. The summed E-state index contributed by atoms with van der Waals surface area (Å²) in [6, 6.07) is 7.00. The Morgan fingerprint density at radius 3 is 2.76 bits per heavy atom. The molecule has 2 aromatic rings. The SMILES string of the molecule is CCOc1ccccc1C(=O)Nc1ncc2c(n1)CCN(C(=O)CCC(C)=O)C2. The lowest BCUT2D eigenvalue weighted by atomic mass is 10.1. The summed E-state index contributed by atoms with van der Waals surface area (Å²) in [5.41, 5.74) is 2.07. The molecule has 0 fully saturated rings. The summed E-state index contributed by atoms with van der Waals surface area (Å²) in [6.45, 7) is 4.74. The molecule has 29 heavy (non-hydrogen) atoms. The maximum Gasteiger partial charge on any atom is 0.261 e. The Bertz CT molecular complexity index is 929. The van der Waals surface area contributed by atoms with Crippen molar-refractivity contribution in [3.05, 3.63) is 47.3 Å². The minimum atomic E-state index is -0.342. The number of fused-ring (bicyclic) bond motifs is 1. The first-order valence-corrected chi connectivity index (χ1v) is 9.63. The molecule has 0 radical (unpaired) electrons. The average Bonchev–Trinajstić information content (AvgIpc) is 2.72. The van der Waals surface area contributed by atoms with E-state index < -0.39 is 0 Å². The lowest BCUT2D eigenvalue weighted by molar-refractivity contribution is -0.133. The van der Waals surface area contributed by atoms with Gasteiger partial charge in [-0.3, -0.25) is 14.9 Å². The van der Waals surface area contributed by atoms with Crippen LogP contribution < -0.4 is 10.1 Å². The highest BCUT2D eigenvalue weighted by Gasteiger charge is 2.23. The van der Waals surface area contributed by atoms with Crippen LogP contribution in [0.3, 0.4) is 0 Å². The quantitative estimate of drug-likeness (QED) is 0.771. The number of hydrogen-bond acceptors (Lipinski definition) is 6. The highest BCUT2D eigenvalue weighted by Crippen LogP contribution is 2.21. The third-order valence-electron chi connectivity index (χ3n) is 4.63. The van der Waals surface area contributed by atoms with E-state index >= 15 is 0 Å². The van der Waals surface area contributed by atoms with Gasteiger partial charge in [-0.1, -0.05) is 12.1 Å². The molecule has 8 nitrogen and oxygen atoms in total. The number of ether oxygens (including phenoxy) is 1. The Kier molecular flexibility index (Phi) is 6.54. The van der Waals surface area contributed by atoms with Gasteiger partial charge in [0, 0.05) is 44.1 Å². The minimum absolute atomic E-state index is 0.00499. The van der Waals surface area contributed by atoms with Gasteiger partial charge in [0.25, 0.3) is 5.91 Å². The Morgan fingerprint density at radius 2 is 2.00 bits per heavy atom. The number of nitrogens with one attached hydrogen (secondary N) is 1. The molecule has 3 rings (SSSR count). The molecular formula is C21H24N4O4. The van der Waals surface area contributed by atoms with Crippen LogP contribution in [0.25, 0.3) is 0 Å². The number of rotatable bonds is 7. The van der Waals surface area contributed by atoms with E-state index in [1.165, 1.54) is 6.92 Å². The molecule has 1 aromatic carbocycles. The molecule has 0 saturated carbocycles. The summed E-state index contributed by atoms with van der Waals surface area (Å²) in [5.74, 6) is 0.341. The minimum Gasteiger partial charge on any atom is -0.493 e. The van der Waals surface area contributed by atoms with E-state index in [1.54, 1.807) is 35.4 Å². The van der Waals surface area contributed by atoms with Crippen LogP contribution in [-0.4, -0.2) is 45.6 Å². The van der Waals surface area contributed by atoms with E-state index in [9.17, 15) is 14.4 Å². The van der Waals surface area contributed by atoms with Gasteiger partial charge in [0.2, 0.25) is 11.9 Å². The molecule has 1 aliphatic heterocycles. The summed E-state index contributed by atoms with van der Waals surface area (Å²) in [5, 5.41) is 2.71. The number of nitrogens with zero attached hydrogens (tertiary/aromatic N) is 3. The molecule has 1 N–H and O–H groups in total. The van der Waals surface area contributed by atoms with Crippen molar-refractivity contribution in [2.24, 2.45) is 0 Å². The fraction of sp³-hybridized carbons (Fsp3) is 0.381. The molecule has 152 valence electrons. The Hall–Kier alpha value is -3.29. The summed E-state index contributed by atoms with van der Waals surface area (Å²) >= 11 is 0. The number of amides is 2. The predicted octanol–water partition coefficient (Wildman–Crippen LogP) is 2.38. The number of anilines is 1. The molecule has 0 spiro atoms. The van der Waals surface area contributed by atoms with Gasteiger partial charge < -0.3 is 14.4 Å². The van der Waals surface area contributed by atoms with Gasteiger partial charge in [-0.15, -0.1) is 0 Å². The number of carbonyl (C=O) groups excluding carboxylic acids is 3. The van der Waals surface area contributed by atoms with Crippen LogP contribution in [0, 0.1) is 0 Å². The van der Waals surface area contributed by atoms with Crippen molar-refractivity contribution < 1.29 is 19.1 Å². The number of benzene rings is 1. The molecule has 2 amide bonds. The summed E-state index contributed by atoms with van der Waals surface area (Å²) < 4.78 is 5.49. The molecule has 0 aliphatic carbocycles. The van der Waals surface area contributed by atoms with Crippen molar-refractivity contribution in [3.63, 3.8) is 0 Å². The largest absolute Gasteiger partial charge is 0.493 e. The zero-order valence-corrected chi connectivity index (χ0v) is 16.6. The van der Waals surface area contributed by atoms with Crippen molar-refractivity contribution in [1.29, 1.82) is 0 Å². The Balaban J connectivity index is 1.67. The van der Waals surface area contributed by atoms with Gasteiger partial charge >= 0.3 is 0 Å². The van der Waals surface area contributed by atoms with Gasteiger partial charge in [0.1, 0.15) is 11.5 Å². The van der Waals surface area contributed by atoms with Crippen molar-refractivity contribution in [1.82, 2.24) is 14.9 Å². The maximum absolute atomic E-state index is 12.6. The van der Waals surface area contributed by atoms with Crippen LogP contribution >= 0.6 is 0 Å². The number of para-hydroxylation sites is 1. The number of carbonyl (C=O) groups is 3. The van der Waals surface area contributed by atoms with Gasteiger partial charge in [-0.25, -0.2) is 9.97 Å². The average molecular weight is 396 g/mol. The lowest BCUT2D eigenvalue weighted by Gasteiger charge is -2.28. The highest BCUT2D eigenvalue weighted by molar-refractivity contribution is 6.05. The molecule has 8 heteroatoms. The van der Waals surface area contributed by atoms with Crippen molar-refractivity contribution in [2.75, 3.05) is 18.5 Å². The van der Waals surface area contributed by atoms with Crippen LogP contribution in [-0.2, 0) is 22.6 Å². The van der Waals surface area contributed by atoms with Gasteiger partial charge in [0.15, 0.2) is 0 Å². The second-order valence-corrected chi connectivity index (χ2v) is 6.82. The van der Waals surface area contributed by atoms with E-state index in [-0.39, 0.29) is 36.4 Å². The summed E-state index contributed by atoms with van der Waals surface area (Å²) in [6.07, 6.45) is 2.69. The fourth-order valence-corrected chi connectivity index (χ4v) is 3.13. The van der Waals surface area contributed by atoms with E-state index in [2.05, 4.69) is 15.3 Å². The standard InChI is InChI=1S/C21H24N4O4/c1-3-29-18-7-5-4-6-16(18)20(28)24-21-22-12-15-13-25(11-10-17(15)23-21)19(27)9-8-14(2)26/h4-7,12H,3,8-11,13H2,1-2H3,(H,22,23,24,28). The second kappa shape index (κ2) is 9.27.